The number of nitrogens with one attached hydrogen (secondary N) is 3. The molecule has 0 saturated heterocycles. The lowest BCUT2D eigenvalue weighted by atomic mass is 10.1. The van der Waals surface area contributed by atoms with Crippen LogP contribution in [0.3, 0.4) is 0 Å². The van der Waals surface area contributed by atoms with E-state index in [4.69, 9.17) is 0 Å². The van der Waals surface area contributed by atoms with E-state index in [1.807, 2.05) is 25.3 Å². The van der Waals surface area contributed by atoms with Crippen LogP contribution in [0.1, 0.15) is 25.0 Å². The monoisotopic (exact) mass is 273 g/mol. The van der Waals surface area contributed by atoms with Gasteiger partial charge in [-0.1, -0.05) is 0 Å². The molecule has 2 amide bonds. The minimum absolute atomic E-state index is 0.0391. The molecular weight excluding hydrogens is 254 g/mol. The highest BCUT2D eigenvalue weighted by atomic mass is 16.2. The molecule has 0 unspecified atom stereocenters. The third-order valence-electron chi connectivity index (χ3n) is 3.08. The Labute approximate surface area is 117 Å². The van der Waals surface area contributed by atoms with Gasteiger partial charge in [0.05, 0.1) is 5.69 Å². The van der Waals surface area contributed by atoms with Crippen molar-refractivity contribution >= 4 is 28.4 Å². The number of rotatable bonds is 4. The fraction of sp³-hybridized carbons (Fsp3) is 0.333. The summed E-state index contributed by atoms with van der Waals surface area (Å²) < 4.78 is 0. The van der Waals surface area contributed by atoms with Crippen molar-refractivity contribution in [1.29, 1.82) is 0 Å². The summed E-state index contributed by atoms with van der Waals surface area (Å²) in [5, 5.41) is 6.66. The summed E-state index contributed by atoms with van der Waals surface area (Å²) in [6.07, 6.45) is 2.65. The second-order valence-corrected chi connectivity index (χ2v) is 4.96. The fourth-order valence-corrected chi connectivity index (χ4v) is 2.34. The van der Waals surface area contributed by atoms with Gasteiger partial charge in [0.25, 0.3) is 0 Å². The van der Waals surface area contributed by atoms with Crippen LogP contribution in [0.25, 0.3) is 10.9 Å². The van der Waals surface area contributed by atoms with Crippen LogP contribution >= 0.6 is 0 Å². The molecule has 20 heavy (non-hydrogen) atoms. The highest BCUT2D eigenvalue weighted by Gasteiger charge is 2.10. The zero-order valence-corrected chi connectivity index (χ0v) is 12.0. The molecule has 2 rings (SSSR count). The van der Waals surface area contributed by atoms with Gasteiger partial charge in [-0.15, -0.1) is 0 Å². The number of carbonyl (C=O) groups excluding carboxylic acids is 2. The van der Waals surface area contributed by atoms with Gasteiger partial charge in [0.15, 0.2) is 0 Å². The summed E-state index contributed by atoms with van der Waals surface area (Å²) in [5.41, 5.74) is 3.96. The number of anilines is 1. The molecule has 5 nitrogen and oxygen atoms in total. The Morgan fingerprint density at radius 3 is 2.60 bits per heavy atom. The number of amides is 2. The summed E-state index contributed by atoms with van der Waals surface area (Å²) in [5.74, 6) is -0.131. The molecule has 0 atom stereocenters. The standard InChI is InChI=1S/C15H19N3O2/c1-9-6-13-15(14(7-9)18-11(3)20)12(8-17-13)4-5-16-10(2)19/h6-8,17H,4-5H2,1-3H3,(H,16,19)(H,18,20). The van der Waals surface area contributed by atoms with Crippen molar-refractivity contribution in [2.45, 2.75) is 27.2 Å². The van der Waals surface area contributed by atoms with Crippen LogP contribution in [0.5, 0.6) is 0 Å². The molecule has 1 aromatic carbocycles. The summed E-state index contributed by atoms with van der Waals surface area (Å²) in [7, 11) is 0. The second kappa shape index (κ2) is 5.77. The topological polar surface area (TPSA) is 74.0 Å². The van der Waals surface area contributed by atoms with E-state index in [1.165, 1.54) is 13.8 Å². The zero-order chi connectivity index (χ0) is 14.7. The molecule has 0 aliphatic carbocycles. The summed E-state index contributed by atoms with van der Waals surface area (Å²) in [4.78, 5) is 25.5. The van der Waals surface area contributed by atoms with E-state index in [2.05, 4.69) is 15.6 Å². The van der Waals surface area contributed by atoms with Crippen molar-refractivity contribution in [2.24, 2.45) is 0 Å². The fourth-order valence-electron chi connectivity index (χ4n) is 2.34. The first-order valence-electron chi connectivity index (χ1n) is 6.60. The molecule has 0 aliphatic rings. The molecule has 3 N–H and O–H groups in total. The molecular formula is C15H19N3O2. The average Bonchev–Trinajstić information content (AvgIpc) is 2.71. The molecule has 0 fully saturated rings. The van der Waals surface area contributed by atoms with Gasteiger partial charge in [0.2, 0.25) is 11.8 Å². The Kier molecular flexibility index (Phi) is 4.08. The van der Waals surface area contributed by atoms with Crippen LogP contribution in [0, 0.1) is 6.92 Å². The normalized spacial score (nSPS) is 10.6. The van der Waals surface area contributed by atoms with Gasteiger partial charge in [-0.05, 0) is 36.6 Å². The summed E-state index contributed by atoms with van der Waals surface area (Å²) in [6, 6.07) is 4.00. The van der Waals surface area contributed by atoms with Crippen molar-refractivity contribution in [3.8, 4) is 0 Å². The number of hydrogen-bond acceptors (Lipinski definition) is 2. The Morgan fingerprint density at radius 1 is 1.20 bits per heavy atom. The minimum Gasteiger partial charge on any atom is -0.361 e. The first-order chi connectivity index (χ1) is 9.47. The number of H-pyrrole nitrogens is 1. The number of hydrogen-bond donors (Lipinski definition) is 3. The molecule has 1 aromatic heterocycles. The SMILES string of the molecule is CC(=O)NCCc1c[nH]c2cc(C)cc(NC(C)=O)c12. The lowest BCUT2D eigenvalue weighted by molar-refractivity contribution is -0.119. The number of aryl methyl sites for hydroxylation is 1. The van der Waals surface area contributed by atoms with Crippen LogP contribution in [0.4, 0.5) is 5.69 Å². The summed E-state index contributed by atoms with van der Waals surface area (Å²) >= 11 is 0. The van der Waals surface area contributed by atoms with Crippen molar-refractivity contribution in [3.05, 3.63) is 29.5 Å². The van der Waals surface area contributed by atoms with Crippen LogP contribution < -0.4 is 10.6 Å². The highest BCUT2D eigenvalue weighted by molar-refractivity contribution is 6.02. The first-order valence-corrected chi connectivity index (χ1v) is 6.60. The Bertz CT molecular complexity index is 658. The predicted octanol–water partition coefficient (Wildman–Crippen LogP) is 2.11. The minimum atomic E-state index is -0.0917. The molecule has 0 spiro atoms. The lowest BCUT2D eigenvalue weighted by Gasteiger charge is -2.08. The Morgan fingerprint density at radius 2 is 1.95 bits per heavy atom. The van der Waals surface area contributed by atoms with Crippen LogP contribution in [0.2, 0.25) is 0 Å². The molecule has 1 heterocycles. The molecule has 2 aromatic rings. The van der Waals surface area contributed by atoms with Gasteiger partial charge in [0, 0.05) is 37.5 Å². The van der Waals surface area contributed by atoms with Crippen molar-refractivity contribution in [3.63, 3.8) is 0 Å². The number of carbonyl (C=O) groups is 2. The second-order valence-electron chi connectivity index (χ2n) is 4.96. The Hall–Kier alpha value is -2.30. The number of aromatic amines is 1. The smallest absolute Gasteiger partial charge is 0.221 e. The maximum Gasteiger partial charge on any atom is 0.221 e. The maximum absolute atomic E-state index is 11.3. The van der Waals surface area contributed by atoms with Crippen LogP contribution in [-0.2, 0) is 16.0 Å². The maximum atomic E-state index is 11.3. The van der Waals surface area contributed by atoms with Gasteiger partial charge in [-0.3, -0.25) is 9.59 Å². The first kappa shape index (κ1) is 14.1. The summed E-state index contributed by atoms with van der Waals surface area (Å²) in [6.45, 7) is 5.57. The molecule has 0 saturated carbocycles. The molecule has 0 radical (unpaired) electrons. The number of benzene rings is 1. The zero-order valence-electron chi connectivity index (χ0n) is 12.0. The van der Waals surface area contributed by atoms with Gasteiger partial charge in [0.1, 0.15) is 0 Å². The van der Waals surface area contributed by atoms with Gasteiger partial charge in [-0.2, -0.15) is 0 Å². The van der Waals surface area contributed by atoms with Gasteiger partial charge in [-0.25, -0.2) is 0 Å². The van der Waals surface area contributed by atoms with E-state index in [0.29, 0.717) is 6.54 Å². The largest absolute Gasteiger partial charge is 0.361 e. The van der Waals surface area contributed by atoms with Crippen molar-refractivity contribution < 1.29 is 9.59 Å². The molecule has 0 bridgehead atoms. The van der Waals surface area contributed by atoms with Crippen molar-refractivity contribution in [1.82, 2.24) is 10.3 Å². The van der Waals surface area contributed by atoms with Crippen LogP contribution in [0.15, 0.2) is 18.3 Å². The average molecular weight is 273 g/mol. The van der Waals surface area contributed by atoms with Gasteiger partial charge >= 0.3 is 0 Å². The highest BCUT2D eigenvalue weighted by Crippen LogP contribution is 2.28. The molecule has 0 aliphatic heterocycles. The van der Waals surface area contributed by atoms with E-state index in [9.17, 15) is 9.59 Å². The predicted molar refractivity (Wildman–Crippen MR) is 79.7 cm³/mol. The number of aromatic nitrogens is 1. The van der Waals surface area contributed by atoms with E-state index < -0.39 is 0 Å². The van der Waals surface area contributed by atoms with E-state index in [0.717, 1.165) is 34.1 Å². The van der Waals surface area contributed by atoms with Crippen molar-refractivity contribution in [2.75, 3.05) is 11.9 Å². The van der Waals surface area contributed by atoms with E-state index in [-0.39, 0.29) is 11.8 Å². The third-order valence-corrected chi connectivity index (χ3v) is 3.08. The van der Waals surface area contributed by atoms with Gasteiger partial charge < -0.3 is 15.6 Å². The third kappa shape index (κ3) is 3.17. The molecule has 106 valence electrons. The number of fused-ring (bicyclic) bond motifs is 1. The van der Waals surface area contributed by atoms with Crippen LogP contribution in [-0.4, -0.2) is 23.3 Å². The quantitative estimate of drug-likeness (QED) is 0.798. The van der Waals surface area contributed by atoms with E-state index >= 15 is 0 Å². The lowest BCUT2D eigenvalue weighted by Crippen LogP contribution is -2.22. The van der Waals surface area contributed by atoms with E-state index in [1.54, 1.807) is 0 Å². The molecule has 5 heteroatoms. The Balaban J connectivity index is 2.35.